The van der Waals surface area contributed by atoms with Crippen LogP contribution in [0.3, 0.4) is 0 Å². The first-order valence-corrected chi connectivity index (χ1v) is 8.18. The van der Waals surface area contributed by atoms with Crippen molar-refractivity contribution >= 4 is 22.5 Å². The number of hydrogen-bond donors (Lipinski definition) is 1. The Morgan fingerprint density at radius 3 is 2.59 bits per heavy atom. The highest BCUT2D eigenvalue weighted by molar-refractivity contribution is 6.13. The van der Waals surface area contributed by atoms with E-state index in [2.05, 4.69) is 15.3 Å². The third-order valence-corrected chi connectivity index (χ3v) is 4.10. The Morgan fingerprint density at radius 2 is 1.81 bits per heavy atom. The van der Waals surface area contributed by atoms with E-state index in [1.165, 1.54) is 6.07 Å². The highest BCUT2D eigenvalue weighted by Crippen LogP contribution is 2.25. The first-order chi connectivity index (χ1) is 13.1. The van der Waals surface area contributed by atoms with Crippen LogP contribution in [0.2, 0.25) is 0 Å². The number of amides is 1. The molecule has 0 fully saturated rings. The van der Waals surface area contributed by atoms with Crippen LogP contribution in [0.1, 0.15) is 10.4 Å². The molecule has 0 aliphatic rings. The van der Waals surface area contributed by atoms with Gasteiger partial charge >= 0.3 is 0 Å². The number of aromatic nitrogens is 2. The minimum absolute atomic E-state index is 0.0924. The van der Waals surface area contributed by atoms with Crippen molar-refractivity contribution in [2.45, 2.75) is 0 Å². The van der Waals surface area contributed by atoms with Crippen LogP contribution in [-0.4, -0.2) is 15.9 Å². The lowest BCUT2D eigenvalue weighted by atomic mass is 10.0. The fourth-order valence-corrected chi connectivity index (χ4v) is 2.81. The molecule has 0 saturated heterocycles. The lowest BCUT2D eigenvalue weighted by Crippen LogP contribution is -2.14. The zero-order valence-corrected chi connectivity index (χ0v) is 14.0. The van der Waals surface area contributed by atoms with E-state index in [9.17, 15) is 13.6 Å². The molecule has 2 heterocycles. The molecule has 4 rings (SSSR count). The summed E-state index contributed by atoms with van der Waals surface area (Å²) < 4.78 is 27.0. The zero-order chi connectivity index (χ0) is 18.8. The molecule has 0 bridgehead atoms. The van der Waals surface area contributed by atoms with E-state index in [0.29, 0.717) is 22.2 Å². The number of carbonyl (C=O) groups excluding carboxylic acids is 1. The van der Waals surface area contributed by atoms with Crippen LogP contribution >= 0.6 is 0 Å². The molecule has 0 aliphatic heterocycles. The van der Waals surface area contributed by atoms with Crippen molar-refractivity contribution in [1.82, 2.24) is 9.97 Å². The van der Waals surface area contributed by atoms with Crippen LogP contribution in [-0.2, 0) is 0 Å². The number of nitrogens with zero attached hydrogens (tertiary/aromatic N) is 2. The van der Waals surface area contributed by atoms with Crippen LogP contribution in [0.5, 0.6) is 0 Å². The molecule has 0 radical (unpaired) electrons. The first kappa shape index (κ1) is 16.8. The number of rotatable bonds is 3. The molecular weight excluding hydrogens is 348 g/mol. The third-order valence-electron chi connectivity index (χ3n) is 4.10. The maximum Gasteiger partial charge on any atom is 0.256 e. The summed E-state index contributed by atoms with van der Waals surface area (Å²) in [5.74, 6) is -2.06. The fourth-order valence-electron chi connectivity index (χ4n) is 2.81. The lowest BCUT2D eigenvalue weighted by molar-refractivity contribution is 0.102. The minimum Gasteiger partial charge on any atom is -0.319 e. The number of carbonyl (C=O) groups is 1. The molecule has 0 saturated carbocycles. The number of hydrogen-bond acceptors (Lipinski definition) is 3. The molecular formula is C21H13F2N3O. The lowest BCUT2D eigenvalue weighted by Gasteiger charge is -2.11. The van der Waals surface area contributed by atoms with E-state index < -0.39 is 17.5 Å². The van der Waals surface area contributed by atoms with Gasteiger partial charge in [0.2, 0.25) is 0 Å². The SMILES string of the molecule is O=C(Nc1ccc(F)cc1F)c1cc(-c2cccnc2)nc2ccccc12. The number of benzene rings is 2. The third kappa shape index (κ3) is 3.37. The average Bonchev–Trinajstić information content (AvgIpc) is 2.70. The Bertz CT molecular complexity index is 1150. The van der Waals surface area contributed by atoms with E-state index >= 15 is 0 Å². The summed E-state index contributed by atoms with van der Waals surface area (Å²) in [6, 6.07) is 15.4. The normalized spacial score (nSPS) is 10.7. The maximum absolute atomic E-state index is 13.9. The molecule has 1 N–H and O–H groups in total. The molecule has 4 nitrogen and oxygen atoms in total. The number of pyridine rings is 2. The van der Waals surface area contributed by atoms with Gasteiger partial charge in [-0.1, -0.05) is 18.2 Å². The van der Waals surface area contributed by atoms with Gasteiger partial charge in [-0.15, -0.1) is 0 Å². The predicted molar refractivity (Wildman–Crippen MR) is 99.3 cm³/mol. The van der Waals surface area contributed by atoms with Crippen molar-refractivity contribution in [1.29, 1.82) is 0 Å². The standard InChI is InChI=1S/C21H13F2N3O/c22-14-7-8-19(17(23)10-14)26-21(27)16-11-20(13-4-3-9-24-12-13)25-18-6-2-1-5-15(16)18/h1-12H,(H,26,27). The second-order valence-corrected chi connectivity index (χ2v) is 5.89. The summed E-state index contributed by atoms with van der Waals surface area (Å²) in [5, 5.41) is 3.13. The molecule has 6 heteroatoms. The van der Waals surface area contributed by atoms with E-state index in [1.807, 2.05) is 12.1 Å². The van der Waals surface area contributed by atoms with Crippen molar-refractivity contribution in [3.63, 3.8) is 0 Å². The van der Waals surface area contributed by atoms with Gasteiger partial charge in [0.25, 0.3) is 5.91 Å². The van der Waals surface area contributed by atoms with Crippen molar-refractivity contribution in [3.8, 4) is 11.3 Å². The number of nitrogens with one attached hydrogen (secondary N) is 1. The largest absolute Gasteiger partial charge is 0.319 e. The molecule has 27 heavy (non-hydrogen) atoms. The summed E-state index contributed by atoms with van der Waals surface area (Å²) in [5.41, 5.74) is 2.20. The van der Waals surface area contributed by atoms with Gasteiger partial charge in [0.05, 0.1) is 22.5 Å². The van der Waals surface area contributed by atoms with Crippen molar-refractivity contribution in [3.05, 3.63) is 90.3 Å². The van der Waals surface area contributed by atoms with Gasteiger partial charge in [-0.2, -0.15) is 0 Å². The van der Waals surface area contributed by atoms with E-state index in [1.54, 1.807) is 42.7 Å². The minimum atomic E-state index is -0.839. The summed E-state index contributed by atoms with van der Waals surface area (Å²) in [7, 11) is 0. The Balaban J connectivity index is 1.81. The Morgan fingerprint density at radius 1 is 0.963 bits per heavy atom. The van der Waals surface area contributed by atoms with E-state index in [0.717, 1.165) is 17.7 Å². The summed E-state index contributed by atoms with van der Waals surface area (Å²) in [6.45, 7) is 0. The Labute approximate surface area is 153 Å². The van der Waals surface area contributed by atoms with E-state index in [4.69, 9.17) is 0 Å². The Hall–Kier alpha value is -3.67. The van der Waals surface area contributed by atoms with Crippen LogP contribution in [0.15, 0.2) is 73.1 Å². The van der Waals surface area contributed by atoms with Crippen LogP contribution in [0.25, 0.3) is 22.2 Å². The van der Waals surface area contributed by atoms with Gasteiger partial charge < -0.3 is 5.32 Å². The van der Waals surface area contributed by atoms with Gasteiger partial charge in [-0.3, -0.25) is 9.78 Å². The monoisotopic (exact) mass is 361 g/mol. The van der Waals surface area contributed by atoms with Gasteiger partial charge in [0, 0.05) is 29.4 Å². The number of para-hydroxylation sites is 1. The van der Waals surface area contributed by atoms with E-state index in [-0.39, 0.29) is 5.69 Å². The zero-order valence-electron chi connectivity index (χ0n) is 14.0. The van der Waals surface area contributed by atoms with Crippen molar-refractivity contribution in [2.75, 3.05) is 5.32 Å². The maximum atomic E-state index is 13.9. The van der Waals surface area contributed by atoms with Gasteiger partial charge in [-0.05, 0) is 36.4 Å². The Kier molecular flexibility index (Phi) is 4.30. The highest BCUT2D eigenvalue weighted by atomic mass is 19.1. The highest BCUT2D eigenvalue weighted by Gasteiger charge is 2.16. The average molecular weight is 361 g/mol. The number of fused-ring (bicyclic) bond motifs is 1. The van der Waals surface area contributed by atoms with Gasteiger partial charge in [0.15, 0.2) is 0 Å². The summed E-state index contributed by atoms with van der Waals surface area (Å²) in [4.78, 5) is 21.5. The molecule has 2 aromatic carbocycles. The quantitative estimate of drug-likeness (QED) is 0.569. The summed E-state index contributed by atoms with van der Waals surface area (Å²) >= 11 is 0. The molecule has 0 atom stereocenters. The van der Waals surface area contributed by atoms with Gasteiger partial charge in [0.1, 0.15) is 11.6 Å². The van der Waals surface area contributed by atoms with Gasteiger partial charge in [-0.25, -0.2) is 13.8 Å². The fraction of sp³-hybridized carbons (Fsp3) is 0. The topological polar surface area (TPSA) is 54.9 Å². The number of halogens is 2. The smallest absolute Gasteiger partial charge is 0.256 e. The summed E-state index contributed by atoms with van der Waals surface area (Å²) in [6.07, 6.45) is 3.30. The van der Waals surface area contributed by atoms with Crippen molar-refractivity contribution in [2.24, 2.45) is 0 Å². The molecule has 0 aliphatic carbocycles. The van der Waals surface area contributed by atoms with Crippen LogP contribution in [0, 0.1) is 11.6 Å². The molecule has 1 amide bonds. The molecule has 132 valence electrons. The predicted octanol–water partition coefficient (Wildman–Crippen LogP) is 4.83. The molecule has 4 aromatic rings. The molecule has 2 aromatic heterocycles. The van der Waals surface area contributed by atoms with Crippen LogP contribution in [0.4, 0.5) is 14.5 Å². The number of anilines is 1. The second-order valence-electron chi connectivity index (χ2n) is 5.89. The molecule has 0 unspecified atom stereocenters. The van der Waals surface area contributed by atoms with Crippen LogP contribution < -0.4 is 5.32 Å². The van der Waals surface area contributed by atoms with Crippen molar-refractivity contribution < 1.29 is 13.6 Å². The first-order valence-electron chi connectivity index (χ1n) is 8.18. The molecule has 0 spiro atoms. The second kappa shape index (κ2) is 6.92.